The first-order valence-electron chi connectivity index (χ1n) is 9.18. The van der Waals surface area contributed by atoms with Gasteiger partial charge in [0.15, 0.2) is 11.6 Å². The van der Waals surface area contributed by atoms with Gasteiger partial charge in [0.1, 0.15) is 5.75 Å². The fourth-order valence-corrected chi connectivity index (χ4v) is 4.08. The van der Waals surface area contributed by atoms with E-state index < -0.39 is 11.7 Å². The van der Waals surface area contributed by atoms with Crippen molar-refractivity contribution in [1.29, 1.82) is 0 Å². The van der Waals surface area contributed by atoms with E-state index in [1.165, 1.54) is 14.2 Å². The van der Waals surface area contributed by atoms with Crippen molar-refractivity contribution in [2.45, 2.75) is 39.0 Å². The van der Waals surface area contributed by atoms with Gasteiger partial charge in [0.05, 0.1) is 26.7 Å². The Labute approximate surface area is 154 Å². The monoisotopic (exact) mass is 365 g/mol. The molecular formula is C20H28FNO4. The summed E-state index contributed by atoms with van der Waals surface area (Å²) in [5.41, 5.74) is 0.912. The lowest BCUT2D eigenvalue weighted by Gasteiger charge is -2.34. The van der Waals surface area contributed by atoms with Crippen LogP contribution in [0.3, 0.4) is 0 Å². The molecule has 1 atom stereocenters. The van der Waals surface area contributed by atoms with Crippen LogP contribution in [0.1, 0.15) is 43.7 Å². The van der Waals surface area contributed by atoms with Crippen molar-refractivity contribution >= 4 is 5.97 Å². The second-order valence-electron chi connectivity index (χ2n) is 8.01. The summed E-state index contributed by atoms with van der Waals surface area (Å²) in [6.45, 7) is 6.27. The predicted molar refractivity (Wildman–Crippen MR) is 96.3 cm³/mol. The fourth-order valence-electron chi connectivity index (χ4n) is 4.08. The van der Waals surface area contributed by atoms with Crippen LogP contribution in [0, 0.1) is 17.2 Å². The Morgan fingerprint density at radius 1 is 1.35 bits per heavy atom. The molecule has 0 aromatic heterocycles. The van der Waals surface area contributed by atoms with E-state index in [1.54, 1.807) is 6.07 Å². The van der Waals surface area contributed by atoms with Crippen molar-refractivity contribution in [2.24, 2.45) is 11.3 Å². The van der Waals surface area contributed by atoms with Gasteiger partial charge < -0.3 is 19.5 Å². The molecule has 2 aliphatic heterocycles. The number of carbonyl (C=O) groups is 1. The highest BCUT2D eigenvalue weighted by molar-refractivity contribution is 5.80. The van der Waals surface area contributed by atoms with Crippen LogP contribution in [-0.4, -0.2) is 39.9 Å². The number of rotatable bonds is 4. The third-order valence-electron chi connectivity index (χ3n) is 5.43. The SMILES string of the molecule is COC(=O)[C@@H](c1cc2c(c(F)c1OC)CC(C)(C)CO2)C1CCNCC1. The molecule has 26 heavy (non-hydrogen) atoms. The first-order valence-corrected chi connectivity index (χ1v) is 9.18. The number of ether oxygens (including phenoxy) is 3. The highest BCUT2D eigenvalue weighted by atomic mass is 19.1. The zero-order chi connectivity index (χ0) is 18.9. The van der Waals surface area contributed by atoms with Crippen molar-refractivity contribution < 1.29 is 23.4 Å². The molecule has 0 unspecified atom stereocenters. The predicted octanol–water partition coefficient (Wildman–Crippen LogP) is 3.05. The summed E-state index contributed by atoms with van der Waals surface area (Å²) in [6, 6.07) is 1.79. The Balaban J connectivity index is 2.09. The van der Waals surface area contributed by atoms with Crippen LogP contribution in [0.15, 0.2) is 6.07 Å². The third kappa shape index (κ3) is 3.52. The van der Waals surface area contributed by atoms with Crippen LogP contribution in [0.25, 0.3) is 0 Å². The number of hydrogen-bond donors (Lipinski definition) is 1. The van der Waals surface area contributed by atoms with Gasteiger partial charge in [-0.25, -0.2) is 4.39 Å². The molecule has 5 nitrogen and oxygen atoms in total. The number of esters is 1. The lowest BCUT2D eigenvalue weighted by atomic mass is 9.78. The van der Waals surface area contributed by atoms with Crippen LogP contribution in [0.2, 0.25) is 0 Å². The van der Waals surface area contributed by atoms with Crippen molar-refractivity contribution in [1.82, 2.24) is 5.32 Å². The standard InChI is InChI=1S/C20H28FNO4/c1-20(2)10-14-15(26-11-20)9-13(18(24-3)17(14)21)16(19(23)25-4)12-5-7-22-8-6-12/h9,12,16,22H,5-8,10-11H2,1-4H3/t16-/m1/s1. The maximum absolute atomic E-state index is 15.3. The lowest BCUT2D eigenvalue weighted by molar-refractivity contribution is -0.144. The lowest BCUT2D eigenvalue weighted by Crippen LogP contribution is -2.35. The highest BCUT2D eigenvalue weighted by Gasteiger charge is 2.38. The number of halogens is 1. The minimum atomic E-state index is -0.560. The molecule has 0 spiro atoms. The van der Waals surface area contributed by atoms with Gasteiger partial charge in [-0.3, -0.25) is 4.79 Å². The summed E-state index contributed by atoms with van der Waals surface area (Å²) in [6.07, 6.45) is 2.23. The smallest absolute Gasteiger partial charge is 0.313 e. The van der Waals surface area contributed by atoms with Crippen molar-refractivity contribution in [2.75, 3.05) is 33.9 Å². The maximum Gasteiger partial charge on any atom is 0.313 e. The molecule has 1 N–H and O–H groups in total. The molecule has 0 radical (unpaired) electrons. The summed E-state index contributed by atoms with van der Waals surface area (Å²) in [5, 5.41) is 3.29. The fraction of sp³-hybridized carbons (Fsp3) is 0.650. The Morgan fingerprint density at radius 2 is 2.04 bits per heavy atom. The molecule has 1 aromatic carbocycles. The molecule has 1 saturated heterocycles. The summed E-state index contributed by atoms with van der Waals surface area (Å²) in [4.78, 5) is 12.6. The number of nitrogens with one attached hydrogen (secondary N) is 1. The van der Waals surface area contributed by atoms with E-state index in [0.717, 1.165) is 25.9 Å². The molecule has 1 aromatic rings. The largest absolute Gasteiger partial charge is 0.493 e. The molecule has 0 aliphatic carbocycles. The van der Waals surface area contributed by atoms with E-state index in [1.807, 2.05) is 13.8 Å². The molecule has 1 fully saturated rings. The molecule has 0 bridgehead atoms. The minimum absolute atomic E-state index is 0.0788. The van der Waals surface area contributed by atoms with Gasteiger partial charge in [-0.15, -0.1) is 0 Å². The average Bonchev–Trinajstić information content (AvgIpc) is 2.63. The highest BCUT2D eigenvalue weighted by Crippen LogP contribution is 2.45. The maximum atomic E-state index is 15.3. The van der Waals surface area contributed by atoms with Crippen LogP contribution in [-0.2, 0) is 16.0 Å². The van der Waals surface area contributed by atoms with Crippen LogP contribution in [0.5, 0.6) is 11.5 Å². The molecule has 3 rings (SSSR count). The van der Waals surface area contributed by atoms with E-state index in [-0.39, 0.29) is 23.1 Å². The third-order valence-corrected chi connectivity index (χ3v) is 5.43. The first kappa shape index (κ1) is 19.0. The molecular weight excluding hydrogens is 337 g/mol. The van der Waals surface area contributed by atoms with Crippen LogP contribution in [0.4, 0.5) is 4.39 Å². The summed E-state index contributed by atoms with van der Waals surface area (Å²) in [5.74, 6) is -0.605. The number of benzene rings is 1. The number of fused-ring (bicyclic) bond motifs is 1. The van der Waals surface area contributed by atoms with Crippen molar-refractivity contribution in [3.05, 3.63) is 23.0 Å². The normalized spacial score (nSPS) is 20.7. The number of piperidine rings is 1. The Hall–Kier alpha value is -1.82. The summed E-state index contributed by atoms with van der Waals surface area (Å²) in [7, 11) is 2.82. The summed E-state index contributed by atoms with van der Waals surface area (Å²) >= 11 is 0. The second-order valence-corrected chi connectivity index (χ2v) is 8.01. The van der Waals surface area contributed by atoms with Crippen molar-refractivity contribution in [3.8, 4) is 11.5 Å². The Bertz CT molecular complexity index is 683. The van der Waals surface area contributed by atoms with Gasteiger partial charge in [-0.05, 0) is 44.3 Å². The van der Waals surface area contributed by atoms with E-state index in [9.17, 15) is 4.79 Å². The van der Waals surface area contributed by atoms with Gasteiger partial charge >= 0.3 is 5.97 Å². The Kier molecular flexibility index (Phi) is 5.42. The van der Waals surface area contributed by atoms with Crippen LogP contribution >= 0.6 is 0 Å². The first-order chi connectivity index (χ1) is 12.4. The quantitative estimate of drug-likeness (QED) is 0.831. The molecule has 0 saturated carbocycles. The molecule has 2 aliphatic rings. The molecule has 6 heteroatoms. The van der Waals surface area contributed by atoms with E-state index >= 15 is 4.39 Å². The second kappa shape index (κ2) is 7.43. The summed E-state index contributed by atoms with van der Waals surface area (Å²) < 4.78 is 31.6. The van der Waals surface area contributed by atoms with Crippen molar-refractivity contribution in [3.63, 3.8) is 0 Å². The average molecular weight is 365 g/mol. The molecule has 2 heterocycles. The molecule has 0 amide bonds. The molecule has 144 valence electrons. The van der Waals surface area contributed by atoms with E-state index in [2.05, 4.69) is 5.32 Å². The van der Waals surface area contributed by atoms with E-state index in [4.69, 9.17) is 14.2 Å². The van der Waals surface area contributed by atoms with Gasteiger partial charge in [0.2, 0.25) is 0 Å². The zero-order valence-electron chi connectivity index (χ0n) is 16.0. The van der Waals surface area contributed by atoms with Gasteiger partial charge in [0.25, 0.3) is 0 Å². The van der Waals surface area contributed by atoms with E-state index in [0.29, 0.717) is 29.9 Å². The number of methoxy groups -OCH3 is 2. The Morgan fingerprint density at radius 3 is 2.65 bits per heavy atom. The van der Waals surface area contributed by atoms with Crippen LogP contribution < -0.4 is 14.8 Å². The number of hydrogen-bond acceptors (Lipinski definition) is 5. The zero-order valence-corrected chi connectivity index (χ0v) is 16.0. The minimum Gasteiger partial charge on any atom is -0.493 e. The topological polar surface area (TPSA) is 56.8 Å². The van der Waals surface area contributed by atoms with Gasteiger partial charge in [-0.1, -0.05) is 13.8 Å². The van der Waals surface area contributed by atoms with Gasteiger partial charge in [0, 0.05) is 16.5 Å². The number of carbonyl (C=O) groups excluding carboxylic acids is 1. The van der Waals surface area contributed by atoms with Gasteiger partial charge in [-0.2, -0.15) is 0 Å².